The topological polar surface area (TPSA) is 68.0 Å². The SMILES string of the molecule is CC1CC1CC(=O)Nc1ccc(-c2ccncc2)cc1N. The molecule has 1 saturated carbocycles. The maximum atomic E-state index is 11.9. The Morgan fingerprint density at radius 1 is 1.29 bits per heavy atom. The summed E-state index contributed by atoms with van der Waals surface area (Å²) in [6, 6.07) is 9.56. The Morgan fingerprint density at radius 3 is 2.62 bits per heavy atom. The number of nitrogens with zero attached hydrogens (tertiary/aromatic N) is 1. The van der Waals surface area contributed by atoms with Gasteiger partial charge in [0.15, 0.2) is 0 Å². The number of benzene rings is 1. The van der Waals surface area contributed by atoms with Crippen LogP contribution < -0.4 is 11.1 Å². The number of aromatic nitrogens is 1. The van der Waals surface area contributed by atoms with E-state index in [0.29, 0.717) is 29.6 Å². The fourth-order valence-electron chi connectivity index (χ4n) is 2.52. The van der Waals surface area contributed by atoms with E-state index in [1.165, 1.54) is 0 Å². The Hall–Kier alpha value is -2.36. The summed E-state index contributed by atoms with van der Waals surface area (Å²) in [6.07, 6.45) is 5.24. The van der Waals surface area contributed by atoms with E-state index in [0.717, 1.165) is 17.5 Å². The number of carbonyl (C=O) groups excluding carboxylic acids is 1. The van der Waals surface area contributed by atoms with Crippen molar-refractivity contribution in [1.29, 1.82) is 0 Å². The number of hydrogen-bond donors (Lipinski definition) is 2. The van der Waals surface area contributed by atoms with Crippen molar-refractivity contribution in [1.82, 2.24) is 4.98 Å². The Bertz CT molecular complexity index is 654. The average Bonchev–Trinajstić information content (AvgIpc) is 3.17. The Kier molecular flexibility index (Phi) is 3.60. The molecule has 2 unspecified atom stereocenters. The maximum Gasteiger partial charge on any atom is 0.224 e. The number of amides is 1. The van der Waals surface area contributed by atoms with Crippen molar-refractivity contribution in [2.24, 2.45) is 11.8 Å². The van der Waals surface area contributed by atoms with Gasteiger partial charge in [-0.3, -0.25) is 9.78 Å². The first-order valence-electron chi connectivity index (χ1n) is 7.23. The zero-order valence-corrected chi connectivity index (χ0v) is 12.0. The molecule has 2 atom stereocenters. The molecule has 1 amide bonds. The first-order chi connectivity index (χ1) is 10.1. The molecule has 1 aromatic heterocycles. The molecule has 1 aliphatic carbocycles. The minimum absolute atomic E-state index is 0.0488. The summed E-state index contributed by atoms with van der Waals surface area (Å²) in [4.78, 5) is 15.9. The fourth-order valence-corrected chi connectivity index (χ4v) is 2.52. The van der Waals surface area contributed by atoms with E-state index in [2.05, 4.69) is 17.2 Å². The van der Waals surface area contributed by atoms with Crippen molar-refractivity contribution >= 4 is 17.3 Å². The molecule has 21 heavy (non-hydrogen) atoms. The van der Waals surface area contributed by atoms with Crippen LogP contribution in [0.2, 0.25) is 0 Å². The number of hydrogen-bond acceptors (Lipinski definition) is 3. The molecule has 1 aliphatic rings. The third-order valence-corrected chi connectivity index (χ3v) is 4.06. The van der Waals surface area contributed by atoms with Crippen LogP contribution in [0.15, 0.2) is 42.7 Å². The predicted octanol–water partition coefficient (Wildman–Crippen LogP) is 3.32. The summed E-state index contributed by atoms with van der Waals surface area (Å²) < 4.78 is 0. The van der Waals surface area contributed by atoms with Crippen molar-refractivity contribution in [3.8, 4) is 11.1 Å². The number of nitrogens with two attached hydrogens (primary N) is 1. The van der Waals surface area contributed by atoms with Crippen LogP contribution in [0.5, 0.6) is 0 Å². The first kappa shape index (κ1) is 13.6. The van der Waals surface area contributed by atoms with Gasteiger partial charge in [-0.05, 0) is 53.6 Å². The van der Waals surface area contributed by atoms with Gasteiger partial charge in [-0.1, -0.05) is 13.0 Å². The van der Waals surface area contributed by atoms with Gasteiger partial charge in [-0.25, -0.2) is 0 Å². The Balaban J connectivity index is 1.71. The van der Waals surface area contributed by atoms with Gasteiger partial charge in [0.1, 0.15) is 0 Å². The molecular weight excluding hydrogens is 262 g/mol. The van der Waals surface area contributed by atoms with Crippen LogP contribution >= 0.6 is 0 Å². The number of carbonyl (C=O) groups is 1. The van der Waals surface area contributed by atoms with Crippen molar-refractivity contribution in [2.75, 3.05) is 11.1 Å². The molecule has 4 nitrogen and oxygen atoms in total. The standard InChI is InChI=1S/C17H19N3O/c1-11-8-14(11)10-17(21)20-16-3-2-13(9-15(16)18)12-4-6-19-7-5-12/h2-7,9,11,14H,8,10,18H2,1H3,(H,20,21). The Morgan fingerprint density at radius 2 is 2.00 bits per heavy atom. The van der Waals surface area contributed by atoms with Crippen LogP contribution in [-0.4, -0.2) is 10.9 Å². The molecule has 2 aromatic rings. The summed E-state index contributed by atoms with van der Waals surface area (Å²) in [5.41, 5.74) is 9.40. The lowest BCUT2D eigenvalue weighted by atomic mass is 10.1. The molecule has 1 heterocycles. The highest BCUT2D eigenvalue weighted by Gasteiger charge is 2.34. The number of rotatable bonds is 4. The lowest BCUT2D eigenvalue weighted by Crippen LogP contribution is -2.13. The summed E-state index contributed by atoms with van der Waals surface area (Å²) in [7, 11) is 0. The molecule has 0 spiro atoms. The van der Waals surface area contributed by atoms with Crippen molar-refractivity contribution in [3.05, 3.63) is 42.7 Å². The molecule has 1 aromatic carbocycles. The highest BCUT2D eigenvalue weighted by atomic mass is 16.1. The molecule has 3 N–H and O–H groups in total. The lowest BCUT2D eigenvalue weighted by molar-refractivity contribution is -0.116. The summed E-state index contributed by atoms with van der Waals surface area (Å²) >= 11 is 0. The van der Waals surface area contributed by atoms with E-state index in [1.807, 2.05) is 30.3 Å². The summed E-state index contributed by atoms with van der Waals surface area (Å²) in [5, 5.41) is 2.90. The van der Waals surface area contributed by atoms with Gasteiger partial charge < -0.3 is 11.1 Å². The first-order valence-corrected chi connectivity index (χ1v) is 7.23. The van der Waals surface area contributed by atoms with Crippen molar-refractivity contribution in [3.63, 3.8) is 0 Å². The second kappa shape index (κ2) is 5.56. The maximum absolute atomic E-state index is 11.9. The quantitative estimate of drug-likeness (QED) is 0.845. The molecule has 3 rings (SSSR count). The van der Waals surface area contributed by atoms with Crippen LogP contribution in [0.4, 0.5) is 11.4 Å². The summed E-state index contributed by atoms with van der Waals surface area (Å²) in [6.45, 7) is 2.18. The number of nitrogen functional groups attached to an aromatic ring is 1. The van der Waals surface area contributed by atoms with Crippen LogP contribution in [0.3, 0.4) is 0 Å². The summed E-state index contributed by atoms with van der Waals surface area (Å²) in [5.74, 6) is 1.28. The van der Waals surface area contributed by atoms with E-state index >= 15 is 0 Å². The molecule has 0 saturated heterocycles. The van der Waals surface area contributed by atoms with E-state index < -0.39 is 0 Å². The highest BCUT2D eigenvalue weighted by Crippen LogP contribution is 2.40. The van der Waals surface area contributed by atoms with E-state index in [-0.39, 0.29) is 5.91 Å². The fraction of sp³-hybridized carbons (Fsp3) is 0.294. The van der Waals surface area contributed by atoms with Crippen LogP contribution in [0.25, 0.3) is 11.1 Å². The van der Waals surface area contributed by atoms with E-state index in [9.17, 15) is 4.79 Å². The van der Waals surface area contributed by atoms with Gasteiger partial charge in [0.2, 0.25) is 5.91 Å². The average molecular weight is 281 g/mol. The second-order valence-electron chi connectivity index (χ2n) is 5.76. The third kappa shape index (κ3) is 3.21. The minimum Gasteiger partial charge on any atom is -0.397 e. The van der Waals surface area contributed by atoms with Crippen molar-refractivity contribution in [2.45, 2.75) is 19.8 Å². The van der Waals surface area contributed by atoms with Gasteiger partial charge >= 0.3 is 0 Å². The number of nitrogens with one attached hydrogen (secondary N) is 1. The molecular formula is C17H19N3O. The minimum atomic E-state index is 0.0488. The van der Waals surface area contributed by atoms with E-state index in [1.54, 1.807) is 12.4 Å². The number of anilines is 2. The van der Waals surface area contributed by atoms with Gasteiger partial charge in [-0.15, -0.1) is 0 Å². The number of pyridine rings is 1. The van der Waals surface area contributed by atoms with Crippen LogP contribution in [-0.2, 0) is 4.79 Å². The second-order valence-corrected chi connectivity index (χ2v) is 5.76. The largest absolute Gasteiger partial charge is 0.397 e. The van der Waals surface area contributed by atoms with Gasteiger partial charge in [0.05, 0.1) is 11.4 Å². The molecule has 1 fully saturated rings. The molecule has 0 aliphatic heterocycles. The molecule has 108 valence electrons. The molecule has 4 heteroatoms. The van der Waals surface area contributed by atoms with Gasteiger partial charge in [0.25, 0.3) is 0 Å². The molecule has 0 radical (unpaired) electrons. The lowest BCUT2D eigenvalue weighted by Gasteiger charge is -2.10. The van der Waals surface area contributed by atoms with Crippen molar-refractivity contribution < 1.29 is 4.79 Å². The highest BCUT2D eigenvalue weighted by molar-refractivity contribution is 5.94. The van der Waals surface area contributed by atoms with Crippen LogP contribution in [0.1, 0.15) is 19.8 Å². The normalized spacial score (nSPS) is 20.0. The zero-order valence-electron chi connectivity index (χ0n) is 12.0. The van der Waals surface area contributed by atoms with Crippen LogP contribution in [0, 0.1) is 11.8 Å². The monoisotopic (exact) mass is 281 g/mol. The predicted molar refractivity (Wildman–Crippen MR) is 84.6 cm³/mol. The Labute approximate surface area is 124 Å². The van der Waals surface area contributed by atoms with E-state index in [4.69, 9.17) is 5.73 Å². The molecule has 0 bridgehead atoms. The smallest absolute Gasteiger partial charge is 0.224 e. The van der Waals surface area contributed by atoms with Gasteiger partial charge in [0, 0.05) is 18.8 Å². The third-order valence-electron chi connectivity index (χ3n) is 4.06. The zero-order chi connectivity index (χ0) is 14.8. The van der Waals surface area contributed by atoms with Gasteiger partial charge in [-0.2, -0.15) is 0 Å².